The number of benzene rings is 4. The lowest BCUT2D eigenvalue weighted by Crippen LogP contribution is -2.92. The predicted octanol–water partition coefficient (Wildman–Crippen LogP) is 3.97. The Hall–Kier alpha value is -4.90. The minimum Gasteiger partial charge on any atom is -0.383 e. The van der Waals surface area contributed by atoms with Crippen LogP contribution in [-0.2, 0) is 13.1 Å². The summed E-state index contributed by atoms with van der Waals surface area (Å²) in [6, 6.07) is 20.9. The van der Waals surface area contributed by atoms with E-state index in [0.29, 0.717) is 22.5 Å². The van der Waals surface area contributed by atoms with Crippen LogP contribution in [0.5, 0.6) is 0 Å². The van der Waals surface area contributed by atoms with Crippen LogP contribution in [0.4, 0.5) is 28.9 Å². The fourth-order valence-electron chi connectivity index (χ4n) is 3.56. The zero-order valence-electron chi connectivity index (χ0n) is 20.6. The molecule has 0 unspecified atom stereocenters. The third-order valence-corrected chi connectivity index (χ3v) is 5.66. The highest BCUT2D eigenvalue weighted by Gasteiger charge is 2.07. The van der Waals surface area contributed by atoms with Crippen molar-refractivity contribution in [2.24, 2.45) is 21.5 Å². The molecule has 0 aromatic heterocycles. The van der Waals surface area contributed by atoms with Gasteiger partial charge < -0.3 is 11.5 Å². The topological polar surface area (TPSA) is 117 Å². The maximum atomic E-state index is 13.8. The van der Waals surface area contributed by atoms with Crippen molar-refractivity contribution >= 4 is 23.0 Å². The van der Waals surface area contributed by atoms with E-state index in [9.17, 15) is 17.6 Å². The molecular weight excluding hydrogens is 510 g/mol. The molecule has 39 heavy (non-hydrogen) atoms. The van der Waals surface area contributed by atoms with Crippen LogP contribution in [0.2, 0.25) is 0 Å². The average molecular weight is 537 g/mol. The van der Waals surface area contributed by atoms with Crippen molar-refractivity contribution in [1.29, 1.82) is 0 Å². The molecule has 8 N–H and O–H groups in total. The van der Waals surface area contributed by atoms with E-state index in [4.69, 9.17) is 11.5 Å². The molecule has 4 rings (SSSR count). The molecule has 4 aromatic carbocycles. The first kappa shape index (κ1) is 27.1. The van der Waals surface area contributed by atoms with Gasteiger partial charge in [0.1, 0.15) is 34.9 Å². The number of rotatable bonds is 10. The Kier molecular flexibility index (Phi) is 8.75. The molecule has 0 fully saturated rings. The van der Waals surface area contributed by atoms with Crippen LogP contribution < -0.4 is 27.9 Å². The zero-order valence-corrected chi connectivity index (χ0v) is 20.6. The molecule has 0 atom stereocenters. The number of hydrogen-bond acceptors (Lipinski definition) is 4. The maximum Gasteiger partial charge on any atom is 0.131 e. The summed E-state index contributed by atoms with van der Waals surface area (Å²) in [5, 5.41) is 0. The lowest BCUT2D eigenvalue weighted by molar-refractivity contribution is -0.594. The van der Waals surface area contributed by atoms with Gasteiger partial charge in [-0.15, -0.1) is 5.53 Å². The van der Waals surface area contributed by atoms with E-state index in [2.05, 4.69) is 20.8 Å². The molecule has 0 aliphatic carbocycles. The standard InChI is InChI=1S/C28H25F4N7/c29-21-9-7-19(25(31)13-21)15-35-27(33)17-3-1-5-23(11-17)37-39-38-24-6-2-4-18(12-24)28(34)36-16-20-8-10-22(30)14-26(20)32/h1-14,37-39H,15-16H2,(H2,33,35)(H2,34,36)/p+1. The second kappa shape index (κ2) is 12.6. The van der Waals surface area contributed by atoms with Gasteiger partial charge >= 0.3 is 0 Å². The van der Waals surface area contributed by atoms with Crippen molar-refractivity contribution in [1.82, 2.24) is 0 Å². The van der Waals surface area contributed by atoms with Crippen molar-refractivity contribution in [3.8, 4) is 0 Å². The van der Waals surface area contributed by atoms with Crippen molar-refractivity contribution < 1.29 is 23.1 Å². The quantitative estimate of drug-likeness (QED) is 0.0693. The van der Waals surface area contributed by atoms with Gasteiger partial charge in [-0.25, -0.2) is 28.4 Å². The van der Waals surface area contributed by atoms with E-state index in [1.807, 2.05) is 12.1 Å². The largest absolute Gasteiger partial charge is 0.383 e. The molecule has 0 aliphatic heterocycles. The lowest BCUT2D eigenvalue weighted by Gasteiger charge is -2.10. The van der Waals surface area contributed by atoms with Gasteiger partial charge in [0, 0.05) is 34.4 Å². The summed E-state index contributed by atoms with van der Waals surface area (Å²) in [5.41, 5.74) is 23.1. The van der Waals surface area contributed by atoms with E-state index in [1.165, 1.54) is 24.3 Å². The number of aliphatic imine (C=N–C) groups is 2. The summed E-state index contributed by atoms with van der Waals surface area (Å²) in [6.07, 6.45) is 0. The second-order valence-electron chi connectivity index (χ2n) is 8.47. The minimum atomic E-state index is -0.679. The fourth-order valence-corrected chi connectivity index (χ4v) is 3.56. The van der Waals surface area contributed by atoms with Crippen LogP contribution in [0, 0.1) is 23.3 Å². The minimum absolute atomic E-state index is 0.0229. The molecule has 0 saturated carbocycles. The number of quaternary nitrogens is 1. The molecule has 7 nitrogen and oxygen atoms in total. The van der Waals surface area contributed by atoms with Gasteiger partial charge in [-0.3, -0.25) is 9.98 Å². The first-order valence-electron chi connectivity index (χ1n) is 11.8. The van der Waals surface area contributed by atoms with Crippen molar-refractivity contribution in [3.05, 3.63) is 130 Å². The molecule has 0 saturated heterocycles. The van der Waals surface area contributed by atoms with E-state index in [1.54, 1.807) is 41.9 Å². The Bertz CT molecular complexity index is 1410. The molecule has 0 amide bonds. The summed E-state index contributed by atoms with van der Waals surface area (Å²) in [4.78, 5) is 8.42. The smallest absolute Gasteiger partial charge is 0.131 e. The summed E-state index contributed by atoms with van der Waals surface area (Å²) in [6.45, 7) is -0.0458. The summed E-state index contributed by atoms with van der Waals surface area (Å²) in [5.74, 6) is -2.25. The van der Waals surface area contributed by atoms with E-state index in [-0.39, 0.29) is 35.9 Å². The first-order valence-corrected chi connectivity index (χ1v) is 11.8. The Morgan fingerprint density at radius 2 is 1.05 bits per heavy atom. The highest BCUT2D eigenvalue weighted by Crippen LogP contribution is 2.14. The van der Waals surface area contributed by atoms with Gasteiger partial charge in [0.15, 0.2) is 0 Å². The SMILES string of the molecule is NC(=NCc1ccc(F)cc1F)c1cccc(N[NH2+]Nc2cccc(C(N)=NCc3ccc(F)cc3F)c2)c1. The highest BCUT2D eigenvalue weighted by atomic mass is 19.1. The maximum absolute atomic E-state index is 13.8. The van der Waals surface area contributed by atoms with Gasteiger partial charge in [-0.2, -0.15) is 0 Å². The summed E-state index contributed by atoms with van der Waals surface area (Å²) >= 11 is 0. The molecule has 11 heteroatoms. The molecule has 0 radical (unpaired) electrons. The van der Waals surface area contributed by atoms with Crippen LogP contribution in [0.15, 0.2) is 94.9 Å². The number of nitrogens with one attached hydrogen (secondary N) is 2. The van der Waals surface area contributed by atoms with Crippen LogP contribution in [-0.4, -0.2) is 11.7 Å². The number of amidine groups is 2. The molecule has 4 aromatic rings. The number of nitrogens with two attached hydrogens (primary N) is 3. The second-order valence-corrected chi connectivity index (χ2v) is 8.47. The monoisotopic (exact) mass is 536 g/mol. The third-order valence-electron chi connectivity index (χ3n) is 5.66. The Labute approximate surface area is 222 Å². The highest BCUT2D eigenvalue weighted by molar-refractivity contribution is 5.98. The molecule has 200 valence electrons. The van der Waals surface area contributed by atoms with Crippen LogP contribution in [0.3, 0.4) is 0 Å². The van der Waals surface area contributed by atoms with Crippen LogP contribution in [0.1, 0.15) is 22.3 Å². The number of anilines is 2. The number of hydrogen-bond donors (Lipinski definition) is 5. The molecule has 0 heterocycles. The summed E-state index contributed by atoms with van der Waals surface area (Å²) in [7, 11) is 0. The van der Waals surface area contributed by atoms with Crippen molar-refractivity contribution in [3.63, 3.8) is 0 Å². The molecular formula is C28H26F4N7+. The van der Waals surface area contributed by atoms with Gasteiger partial charge in [-0.1, -0.05) is 36.4 Å². The molecule has 0 spiro atoms. The zero-order chi connectivity index (χ0) is 27.8. The van der Waals surface area contributed by atoms with Crippen molar-refractivity contribution in [2.75, 3.05) is 10.9 Å². The lowest BCUT2D eigenvalue weighted by atomic mass is 10.1. The first-order chi connectivity index (χ1) is 18.8. The summed E-state index contributed by atoms with van der Waals surface area (Å²) < 4.78 is 53.9. The normalized spacial score (nSPS) is 11.9. The van der Waals surface area contributed by atoms with Crippen LogP contribution in [0.25, 0.3) is 0 Å². The van der Waals surface area contributed by atoms with Crippen LogP contribution >= 0.6 is 0 Å². The number of halogens is 4. The van der Waals surface area contributed by atoms with Crippen molar-refractivity contribution in [2.45, 2.75) is 13.1 Å². The van der Waals surface area contributed by atoms with E-state index < -0.39 is 23.3 Å². The van der Waals surface area contributed by atoms with Gasteiger partial charge in [0.25, 0.3) is 0 Å². The van der Waals surface area contributed by atoms with Gasteiger partial charge in [-0.05, 0) is 36.4 Å². The Morgan fingerprint density at radius 1 is 0.615 bits per heavy atom. The average Bonchev–Trinajstić information content (AvgIpc) is 2.92. The predicted molar refractivity (Wildman–Crippen MR) is 144 cm³/mol. The molecule has 0 bridgehead atoms. The van der Waals surface area contributed by atoms with E-state index >= 15 is 0 Å². The van der Waals surface area contributed by atoms with Gasteiger partial charge in [0.2, 0.25) is 0 Å². The molecule has 0 aliphatic rings. The number of nitrogens with zero attached hydrogens (tertiary/aromatic N) is 2. The fraction of sp³-hybridized carbons (Fsp3) is 0.0714. The Morgan fingerprint density at radius 3 is 1.46 bits per heavy atom. The third kappa shape index (κ3) is 7.55. The Balaban J connectivity index is 1.34. The van der Waals surface area contributed by atoms with E-state index in [0.717, 1.165) is 12.1 Å². The number of nitrogen functional groups attached to an aromatic ring is 2. The van der Waals surface area contributed by atoms with Gasteiger partial charge in [0.05, 0.1) is 24.5 Å².